The van der Waals surface area contributed by atoms with E-state index in [9.17, 15) is 9.90 Å². The van der Waals surface area contributed by atoms with Crippen LogP contribution in [0.25, 0.3) is 11.3 Å². The van der Waals surface area contributed by atoms with Gasteiger partial charge >= 0.3 is 0 Å². The summed E-state index contributed by atoms with van der Waals surface area (Å²) in [6.07, 6.45) is 3.14. The van der Waals surface area contributed by atoms with Crippen LogP contribution in [-0.2, 0) is 11.3 Å². The second-order valence-electron chi connectivity index (χ2n) is 6.51. The van der Waals surface area contributed by atoms with E-state index in [0.717, 1.165) is 28.3 Å². The summed E-state index contributed by atoms with van der Waals surface area (Å²) < 4.78 is 6.06. The predicted molar refractivity (Wildman–Crippen MR) is 98.4 cm³/mol. The summed E-state index contributed by atoms with van der Waals surface area (Å²) in [5.74, 6) is 1.26. The number of aromatic hydroxyl groups is 1. The molecule has 1 fully saturated rings. The van der Waals surface area contributed by atoms with Crippen LogP contribution in [0.15, 0.2) is 48.0 Å². The lowest BCUT2D eigenvalue weighted by atomic mass is 10.0. The molecule has 2 aliphatic heterocycles. The third kappa shape index (κ3) is 3.06. The van der Waals surface area contributed by atoms with Gasteiger partial charge in [0.25, 0.3) is 0 Å². The fraction of sp³-hybridized carbons (Fsp3) is 0.250. The van der Waals surface area contributed by atoms with Crippen LogP contribution in [0.3, 0.4) is 0 Å². The van der Waals surface area contributed by atoms with Crippen LogP contribution in [0.1, 0.15) is 11.3 Å². The molecule has 0 atom stereocenters. The number of ether oxygens (including phenoxy) is 1. The molecule has 0 bridgehead atoms. The number of fused-ring (bicyclic) bond motifs is 1. The summed E-state index contributed by atoms with van der Waals surface area (Å²) in [7, 11) is 0. The molecule has 1 N–H and O–H groups in total. The third-order valence-corrected chi connectivity index (χ3v) is 4.64. The summed E-state index contributed by atoms with van der Waals surface area (Å²) in [5, 5.41) is 9.47. The average molecular weight is 349 g/mol. The van der Waals surface area contributed by atoms with Gasteiger partial charge < -0.3 is 14.7 Å². The van der Waals surface area contributed by atoms with Gasteiger partial charge in [-0.15, -0.1) is 0 Å². The molecule has 1 amide bonds. The Morgan fingerprint density at radius 3 is 2.85 bits per heavy atom. The number of aromatic nitrogens is 1. The molecule has 6 heteroatoms. The normalized spacial score (nSPS) is 15.5. The molecule has 0 aliphatic carbocycles. The SMILES string of the molecule is C=CC(=O)N1CC(COc2cc(-c3ccc(O)cc3)nc3c2C=NC3)C1. The molecule has 0 radical (unpaired) electrons. The number of carbonyl (C=O) groups is 1. The summed E-state index contributed by atoms with van der Waals surface area (Å²) in [5.41, 5.74) is 3.52. The number of hydrogen-bond acceptors (Lipinski definition) is 5. The van der Waals surface area contributed by atoms with Gasteiger partial charge in [-0.05, 0) is 30.3 Å². The van der Waals surface area contributed by atoms with Crippen molar-refractivity contribution in [2.75, 3.05) is 19.7 Å². The Balaban J connectivity index is 1.50. The lowest BCUT2D eigenvalue weighted by Crippen LogP contribution is -2.51. The highest BCUT2D eigenvalue weighted by Gasteiger charge is 2.30. The summed E-state index contributed by atoms with van der Waals surface area (Å²) in [6.45, 7) is 5.97. The molecule has 0 spiro atoms. The highest BCUT2D eigenvalue weighted by Crippen LogP contribution is 2.31. The topological polar surface area (TPSA) is 75.0 Å². The molecule has 2 aromatic rings. The van der Waals surface area contributed by atoms with Gasteiger partial charge in [-0.1, -0.05) is 6.58 Å². The second kappa shape index (κ2) is 6.63. The van der Waals surface area contributed by atoms with Gasteiger partial charge in [-0.3, -0.25) is 9.79 Å². The molecule has 0 unspecified atom stereocenters. The van der Waals surface area contributed by atoms with Crippen LogP contribution in [0, 0.1) is 5.92 Å². The molecule has 0 saturated carbocycles. The van der Waals surface area contributed by atoms with Crippen molar-refractivity contribution in [2.24, 2.45) is 10.9 Å². The van der Waals surface area contributed by atoms with Crippen molar-refractivity contribution in [2.45, 2.75) is 6.54 Å². The summed E-state index contributed by atoms with van der Waals surface area (Å²) in [4.78, 5) is 22.2. The summed E-state index contributed by atoms with van der Waals surface area (Å²) in [6, 6.07) is 8.85. The Labute approximate surface area is 151 Å². The molecular formula is C20H19N3O3. The van der Waals surface area contributed by atoms with Gasteiger partial charge in [-0.25, -0.2) is 4.98 Å². The van der Waals surface area contributed by atoms with E-state index < -0.39 is 0 Å². The molecule has 3 heterocycles. The number of rotatable bonds is 5. The fourth-order valence-corrected chi connectivity index (χ4v) is 3.16. The number of aliphatic imine (C=N–C) groups is 1. The van der Waals surface area contributed by atoms with Crippen molar-refractivity contribution in [3.63, 3.8) is 0 Å². The highest BCUT2D eigenvalue weighted by atomic mass is 16.5. The van der Waals surface area contributed by atoms with Crippen LogP contribution in [0.2, 0.25) is 0 Å². The van der Waals surface area contributed by atoms with Gasteiger partial charge in [0.05, 0.1) is 30.1 Å². The van der Waals surface area contributed by atoms with Crippen molar-refractivity contribution in [3.05, 3.63) is 54.2 Å². The third-order valence-electron chi connectivity index (χ3n) is 4.64. The average Bonchev–Trinajstić information content (AvgIpc) is 3.09. The number of pyridine rings is 1. The molecule has 1 saturated heterocycles. The molecule has 6 nitrogen and oxygen atoms in total. The molecular weight excluding hydrogens is 330 g/mol. The van der Waals surface area contributed by atoms with Gasteiger partial charge in [-0.2, -0.15) is 0 Å². The maximum Gasteiger partial charge on any atom is 0.245 e. The van der Waals surface area contributed by atoms with Crippen molar-refractivity contribution in [3.8, 4) is 22.8 Å². The highest BCUT2D eigenvalue weighted by molar-refractivity contribution is 5.88. The number of amides is 1. The fourth-order valence-electron chi connectivity index (χ4n) is 3.16. The van der Waals surface area contributed by atoms with Crippen molar-refractivity contribution < 1.29 is 14.6 Å². The van der Waals surface area contributed by atoms with E-state index in [1.807, 2.05) is 18.2 Å². The van der Waals surface area contributed by atoms with Gasteiger partial charge in [0.1, 0.15) is 11.5 Å². The van der Waals surface area contributed by atoms with Gasteiger partial charge in [0.2, 0.25) is 5.91 Å². The molecule has 2 aliphatic rings. The largest absolute Gasteiger partial charge is 0.508 e. The lowest BCUT2D eigenvalue weighted by Gasteiger charge is -2.38. The van der Waals surface area contributed by atoms with Crippen LogP contribution < -0.4 is 4.74 Å². The standard InChI is InChI=1S/C20H19N3O3/c1-2-20(25)23-10-13(11-23)12-26-19-7-17(14-3-5-15(24)6-4-14)22-18-9-21-8-16(18)19/h2-8,13,24H,1,9-12H2. The number of carbonyl (C=O) groups excluding carboxylic acids is 1. The molecule has 4 rings (SSSR count). The minimum Gasteiger partial charge on any atom is -0.508 e. The van der Waals surface area contributed by atoms with E-state index in [1.165, 1.54) is 6.08 Å². The first-order valence-electron chi connectivity index (χ1n) is 8.51. The van der Waals surface area contributed by atoms with E-state index in [0.29, 0.717) is 32.2 Å². The Morgan fingerprint density at radius 1 is 1.35 bits per heavy atom. The first kappa shape index (κ1) is 16.3. The van der Waals surface area contributed by atoms with E-state index >= 15 is 0 Å². The van der Waals surface area contributed by atoms with E-state index in [-0.39, 0.29) is 11.7 Å². The quantitative estimate of drug-likeness (QED) is 0.841. The van der Waals surface area contributed by atoms with Crippen LogP contribution in [0.5, 0.6) is 11.5 Å². The number of hydrogen-bond donors (Lipinski definition) is 1. The van der Waals surface area contributed by atoms with E-state index in [1.54, 1.807) is 23.2 Å². The Morgan fingerprint density at radius 2 is 2.12 bits per heavy atom. The van der Waals surface area contributed by atoms with Crippen molar-refractivity contribution in [1.82, 2.24) is 9.88 Å². The first-order valence-corrected chi connectivity index (χ1v) is 8.51. The smallest absolute Gasteiger partial charge is 0.245 e. The molecule has 1 aromatic heterocycles. The minimum absolute atomic E-state index is 0.0344. The number of benzene rings is 1. The van der Waals surface area contributed by atoms with Crippen molar-refractivity contribution in [1.29, 1.82) is 0 Å². The first-order chi connectivity index (χ1) is 12.6. The predicted octanol–water partition coefficient (Wildman–Crippen LogP) is 2.41. The second-order valence-corrected chi connectivity index (χ2v) is 6.51. The Bertz CT molecular complexity index is 884. The number of likely N-dealkylation sites (tertiary alicyclic amines) is 1. The van der Waals surface area contributed by atoms with Crippen LogP contribution >= 0.6 is 0 Å². The van der Waals surface area contributed by atoms with Gasteiger partial charge in [0.15, 0.2) is 0 Å². The Kier molecular flexibility index (Phi) is 4.16. The molecule has 132 valence electrons. The Hall–Kier alpha value is -3.15. The zero-order valence-electron chi connectivity index (χ0n) is 14.3. The van der Waals surface area contributed by atoms with Crippen molar-refractivity contribution >= 4 is 12.1 Å². The zero-order chi connectivity index (χ0) is 18.1. The van der Waals surface area contributed by atoms with Crippen LogP contribution in [-0.4, -0.2) is 46.8 Å². The number of phenolic OH excluding ortho intramolecular Hbond substituents is 1. The number of phenols is 1. The number of nitrogens with zero attached hydrogens (tertiary/aromatic N) is 3. The maximum absolute atomic E-state index is 11.5. The summed E-state index contributed by atoms with van der Waals surface area (Å²) >= 11 is 0. The lowest BCUT2D eigenvalue weighted by molar-refractivity contribution is -0.132. The van der Waals surface area contributed by atoms with E-state index in [2.05, 4.69) is 16.6 Å². The molecule has 26 heavy (non-hydrogen) atoms. The van der Waals surface area contributed by atoms with E-state index in [4.69, 9.17) is 4.74 Å². The monoisotopic (exact) mass is 349 g/mol. The minimum atomic E-state index is -0.0344. The maximum atomic E-state index is 11.5. The van der Waals surface area contributed by atoms with Crippen LogP contribution in [0.4, 0.5) is 0 Å². The van der Waals surface area contributed by atoms with Gasteiger partial charge in [0, 0.05) is 36.9 Å². The zero-order valence-corrected chi connectivity index (χ0v) is 14.3. The molecule has 1 aromatic carbocycles.